The Morgan fingerprint density at radius 2 is 1.53 bits per heavy atom. The number of hydrogen-bond donors (Lipinski definition) is 1. The van der Waals surface area contributed by atoms with Crippen LogP contribution in [0.1, 0.15) is 11.1 Å². The van der Waals surface area contributed by atoms with E-state index in [0.717, 1.165) is 5.69 Å². The summed E-state index contributed by atoms with van der Waals surface area (Å²) >= 11 is 0. The second-order valence-electron chi connectivity index (χ2n) is 3.36. The molecule has 0 aliphatic rings. The minimum atomic E-state index is 0.523. The lowest BCUT2D eigenvalue weighted by molar-refractivity contribution is 1.29. The molecule has 4 nitrogen and oxygen atoms in total. The fourth-order valence-corrected chi connectivity index (χ4v) is 1.31. The van der Waals surface area contributed by atoms with Crippen molar-refractivity contribution in [2.24, 2.45) is 0 Å². The maximum atomic E-state index is 8.66. The van der Waals surface area contributed by atoms with Crippen LogP contribution in [0.15, 0.2) is 42.6 Å². The molecule has 0 saturated heterocycles. The number of benzene rings is 1. The monoisotopic (exact) mass is 220 g/mol. The average Bonchev–Trinajstić information content (AvgIpc) is 2.40. The van der Waals surface area contributed by atoms with Gasteiger partial charge in [-0.05, 0) is 36.4 Å². The number of nitriles is 2. The van der Waals surface area contributed by atoms with E-state index in [0.29, 0.717) is 16.9 Å². The summed E-state index contributed by atoms with van der Waals surface area (Å²) in [4.78, 5) is 4.09. The van der Waals surface area contributed by atoms with Crippen molar-refractivity contribution >= 4 is 11.5 Å². The molecule has 17 heavy (non-hydrogen) atoms. The second kappa shape index (κ2) is 4.78. The van der Waals surface area contributed by atoms with Crippen molar-refractivity contribution in [2.45, 2.75) is 0 Å². The Bertz CT molecular complexity index is 530. The third-order valence-electron chi connectivity index (χ3n) is 2.18. The van der Waals surface area contributed by atoms with E-state index in [1.807, 2.05) is 6.07 Å². The Labute approximate surface area is 98.8 Å². The number of nitrogens with one attached hydrogen (secondary N) is 1. The number of hydrogen-bond acceptors (Lipinski definition) is 4. The Morgan fingerprint density at radius 3 is 2.06 bits per heavy atom. The van der Waals surface area contributed by atoms with Gasteiger partial charge in [0.1, 0.15) is 11.9 Å². The van der Waals surface area contributed by atoms with E-state index >= 15 is 0 Å². The zero-order chi connectivity index (χ0) is 12.1. The molecular weight excluding hydrogens is 212 g/mol. The first-order chi connectivity index (χ1) is 8.31. The van der Waals surface area contributed by atoms with Gasteiger partial charge in [0.2, 0.25) is 0 Å². The van der Waals surface area contributed by atoms with E-state index in [9.17, 15) is 0 Å². The van der Waals surface area contributed by atoms with E-state index in [4.69, 9.17) is 10.5 Å². The number of pyridine rings is 1. The fourth-order valence-electron chi connectivity index (χ4n) is 1.31. The van der Waals surface area contributed by atoms with Gasteiger partial charge in [0.15, 0.2) is 0 Å². The third-order valence-corrected chi connectivity index (χ3v) is 2.18. The summed E-state index contributed by atoms with van der Waals surface area (Å²) in [5.41, 5.74) is 1.99. The predicted octanol–water partition coefficient (Wildman–Crippen LogP) is 2.57. The van der Waals surface area contributed by atoms with E-state index in [1.54, 1.807) is 36.4 Å². The summed E-state index contributed by atoms with van der Waals surface area (Å²) in [6.07, 6.45) is 1.51. The minimum Gasteiger partial charge on any atom is -0.340 e. The van der Waals surface area contributed by atoms with E-state index < -0.39 is 0 Å². The molecule has 4 heteroatoms. The smallest absolute Gasteiger partial charge is 0.130 e. The highest BCUT2D eigenvalue weighted by molar-refractivity contribution is 5.57. The molecule has 1 aromatic heterocycles. The molecular formula is C13H8N4. The lowest BCUT2D eigenvalue weighted by Crippen LogP contribution is -1.93. The molecule has 0 bridgehead atoms. The SMILES string of the molecule is N#Cc1ccc(Nc2ccc(C#N)cn2)cc1. The Morgan fingerprint density at radius 1 is 0.882 bits per heavy atom. The van der Waals surface area contributed by atoms with Crippen molar-refractivity contribution in [3.63, 3.8) is 0 Å². The van der Waals surface area contributed by atoms with Gasteiger partial charge in [-0.3, -0.25) is 0 Å². The molecule has 0 atom stereocenters. The van der Waals surface area contributed by atoms with Gasteiger partial charge in [-0.1, -0.05) is 0 Å². The van der Waals surface area contributed by atoms with Gasteiger partial charge >= 0.3 is 0 Å². The van der Waals surface area contributed by atoms with Crippen molar-refractivity contribution in [3.8, 4) is 12.1 Å². The lowest BCUT2D eigenvalue weighted by atomic mass is 10.2. The minimum absolute atomic E-state index is 0.523. The molecule has 0 amide bonds. The van der Waals surface area contributed by atoms with Crippen LogP contribution in [0.2, 0.25) is 0 Å². The van der Waals surface area contributed by atoms with E-state index in [-0.39, 0.29) is 0 Å². The zero-order valence-electron chi connectivity index (χ0n) is 8.88. The van der Waals surface area contributed by atoms with Crippen molar-refractivity contribution in [1.29, 1.82) is 10.5 Å². The van der Waals surface area contributed by atoms with Gasteiger partial charge in [0.25, 0.3) is 0 Å². The normalized spacial score (nSPS) is 9.06. The quantitative estimate of drug-likeness (QED) is 0.844. The molecule has 1 N–H and O–H groups in total. The van der Waals surface area contributed by atoms with Crippen LogP contribution in [-0.2, 0) is 0 Å². The molecule has 0 fully saturated rings. The first kappa shape index (κ1) is 10.7. The Hall–Kier alpha value is -2.85. The summed E-state index contributed by atoms with van der Waals surface area (Å²) in [6, 6.07) is 14.6. The summed E-state index contributed by atoms with van der Waals surface area (Å²) in [5.74, 6) is 0.661. The first-order valence-corrected chi connectivity index (χ1v) is 4.95. The van der Waals surface area contributed by atoms with Gasteiger partial charge in [-0.15, -0.1) is 0 Å². The van der Waals surface area contributed by atoms with Crippen molar-refractivity contribution < 1.29 is 0 Å². The summed E-state index contributed by atoms with van der Waals surface area (Å²) in [6.45, 7) is 0. The fraction of sp³-hybridized carbons (Fsp3) is 0. The van der Waals surface area contributed by atoms with Crippen molar-refractivity contribution in [1.82, 2.24) is 4.98 Å². The molecule has 1 heterocycles. The van der Waals surface area contributed by atoms with Gasteiger partial charge < -0.3 is 5.32 Å². The van der Waals surface area contributed by atoms with Gasteiger partial charge in [-0.25, -0.2) is 4.98 Å². The van der Waals surface area contributed by atoms with Gasteiger partial charge in [0.05, 0.1) is 17.2 Å². The molecule has 0 aliphatic heterocycles. The number of aromatic nitrogens is 1. The largest absolute Gasteiger partial charge is 0.340 e. The molecule has 0 saturated carbocycles. The van der Waals surface area contributed by atoms with Gasteiger partial charge in [0, 0.05) is 11.9 Å². The molecule has 0 unspecified atom stereocenters. The van der Waals surface area contributed by atoms with Gasteiger partial charge in [-0.2, -0.15) is 10.5 Å². The van der Waals surface area contributed by atoms with Crippen molar-refractivity contribution in [3.05, 3.63) is 53.7 Å². The predicted molar refractivity (Wildman–Crippen MR) is 63.4 cm³/mol. The first-order valence-electron chi connectivity index (χ1n) is 4.95. The second-order valence-corrected chi connectivity index (χ2v) is 3.36. The van der Waals surface area contributed by atoms with E-state index in [1.165, 1.54) is 6.20 Å². The van der Waals surface area contributed by atoms with E-state index in [2.05, 4.69) is 16.4 Å². The molecule has 2 aromatic rings. The van der Waals surface area contributed by atoms with Crippen LogP contribution in [0.4, 0.5) is 11.5 Å². The van der Waals surface area contributed by atoms with Crippen LogP contribution < -0.4 is 5.32 Å². The molecule has 0 radical (unpaired) electrons. The maximum absolute atomic E-state index is 8.66. The highest BCUT2D eigenvalue weighted by atomic mass is 15.0. The number of nitrogens with zero attached hydrogens (tertiary/aromatic N) is 3. The summed E-state index contributed by atoms with van der Waals surface area (Å²) < 4.78 is 0. The molecule has 0 aliphatic carbocycles. The average molecular weight is 220 g/mol. The Kier molecular flexibility index (Phi) is 3.00. The van der Waals surface area contributed by atoms with Crippen molar-refractivity contribution in [2.75, 3.05) is 5.32 Å². The standard InChI is InChI=1S/C13H8N4/c14-7-10-1-4-12(5-2-10)17-13-6-3-11(8-15)9-16-13/h1-6,9H,(H,16,17). The van der Waals surface area contributed by atoms with Crippen LogP contribution in [0.3, 0.4) is 0 Å². The highest BCUT2D eigenvalue weighted by Gasteiger charge is 1.97. The summed E-state index contributed by atoms with van der Waals surface area (Å²) in [7, 11) is 0. The summed E-state index contributed by atoms with van der Waals surface area (Å²) in [5, 5.41) is 20.4. The number of rotatable bonds is 2. The van der Waals surface area contributed by atoms with Crippen LogP contribution in [0.25, 0.3) is 0 Å². The van der Waals surface area contributed by atoms with Crippen LogP contribution in [0, 0.1) is 22.7 Å². The molecule has 0 spiro atoms. The third kappa shape index (κ3) is 2.58. The highest BCUT2D eigenvalue weighted by Crippen LogP contribution is 2.14. The maximum Gasteiger partial charge on any atom is 0.130 e. The Balaban J connectivity index is 2.14. The molecule has 2 rings (SSSR count). The number of anilines is 2. The zero-order valence-corrected chi connectivity index (χ0v) is 8.88. The topological polar surface area (TPSA) is 72.5 Å². The molecule has 80 valence electrons. The van der Waals surface area contributed by atoms with Crippen LogP contribution >= 0.6 is 0 Å². The molecule has 1 aromatic carbocycles. The lowest BCUT2D eigenvalue weighted by Gasteiger charge is -2.04. The van der Waals surface area contributed by atoms with Crippen LogP contribution in [0.5, 0.6) is 0 Å². The van der Waals surface area contributed by atoms with Crippen LogP contribution in [-0.4, -0.2) is 4.98 Å².